The van der Waals surface area contributed by atoms with Crippen molar-refractivity contribution in [3.05, 3.63) is 29.3 Å². The molecule has 0 aliphatic heterocycles. The fourth-order valence-corrected chi connectivity index (χ4v) is 4.35. The van der Waals surface area contributed by atoms with Crippen LogP contribution in [0.1, 0.15) is 77.3 Å². The van der Waals surface area contributed by atoms with Crippen LogP contribution in [0.15, 0.2) is 18.2 Å². The SMILES string of the molecule is CC1(C)CCC(C)(C)c2cc(NCC3CCC(N)CC3)ccc21. The zero-order chi connectivity index (χ0) is 16.7. The van der Waals surface area contributed by atoms with E-state index in [0.29, 0.717) is 16.9 Å². The highest BCUT2D eigenvalue weighted by atomic mass is 14.9. The lowest BCUT2D eigenvalue weighted by Crippen LogP contribution is -2.34. The lowest BCUT2D eigenvalue weighted by atomic mass is 9.63. The maximum atomic E-state index is 6.02. The van der Waals surface area contributed by atoms with Crippen molar-refractivity contribution in [2.24, 2.45) is 11.7 Å². The topological polar surface area (TPSA) is 38.0 Å². The molecule has 0 amide bonds. The fourth-order valence-electron chi connectivity index (χ4n) is 4.35. The van der Waals surface area contributed by atoms with E-state index in [1.54, 1.807) is 11.1 Å². The van der Waals surface area contributed by atoms with Crippen molar-refractivity contribution >= 4 is 5.69 Å². The Hall–Kier alpha value is -1.02. The molecule has 0 spiro atoms. The molecule has 1 aromatic carbocycles. The molecule has 2 aliphatic carbocycles. The Morgan fingerprint density at radius 1 is 0.957 bits per heavy atom. The number of fused-ring (bicyclic) bond motifs is 1. The molecule has 128 valence electrons. The Balaban J connectivity index is 1.72. The molecule has 2 aliphatic rings. The molecule has 0 atom stereocenters. The molecule has 0 saturated heterocycles. The molecule has 0 radical (unpaired) electrons. The van der Waals surface area contributed by atoms with Crippen molar-refractivity contribution in [2.45, 2.75) is 83.1 Å². The Kier molecular flexibility index (Phi) is 4.48. The van der Waals surface area contributed by atoms with E-state index in [1.165, 1.54) is 44.2 Å². The smallest absolute Gasteiger partial charge is 0.0343 e. The molecule has 23 heavy (non-hydrogen) atoms. The summed E-state index contributed by atoms with van der Waals surface area (Å²) in [6, 6.07) is 7.52. The van der Waals surface area contributed by atoms with Gasteiger partial charge in [0.2, 0.25) is 0 Å². The third-order valence-electron chi connectivity index (χ3n) is 6.34. The fraction of sp³-hybridized carbons (Fsp3) is 0.714. The highest BCUT2D eigenvalue weighted by Crippen LogP contribution is 2.46. The third kappa shape index (κ3) is 3.57. The summed E-state index contributed by atoms with van der Waals surface area (Å²) in [4.78, 5) is 0. The van der Waals surface area contributed by atoms with E-state index in [2.05, 4.69) is 51.2 Å². The average Bonchev–Trinajstić information content (AvgIpc) is 2.51. The van der Waals surface area contributed by atoms with Gasteiger partial charge in [0.1, 0.15) is 0 Å². The van der Waals surface area contributed by atoms with Crippen molar-refractivity contribution in [1.82, 2.24) is 0 Å². The molecule has 1 fully saturated rings. The molecule has 2 heteroatoms. The van der Waals surface area contributed by atoms with Crippen LogP contribution in [0.2, 0.25) is 0 Å². The van der Waals surface area contributed by atoms with Crippen LogP contribution in [-0.2, 0) is 10.8 Å². The molecular formula is C21H34N2. The van der Waals surface area contributed by atoms with Crippen molar-refractivity contribution in [2.75, 3.05) is 11.9 Å². The van der Waals surface area contributed by atoms with Crippen LogP contribution < -0.4 is 11.1 Å². The second-order valence-corrected chi connectivity index (χ2v) is 9.19. The number of rotatable bonds is 3. The van der Waals surface area contributed by atoms with Gasteiger partial charge < -0.3 is 11.1 Å². The summed E-state index contributed by atoms with van der Waals surface area (Å²) in [6.07, 6.45) is 7.49. The molecule has 0 unspecified atom stereocenters. The van der Waals surface area contributed by atoms with Crippen LogP contribution in [-0.4, -0.2) is 12.6 Å². The van der Waals surface area contributed by atoms with E-state index < -0.39 is 0 Å². The van der Waals surface area contributed by atoms with Gasteiger partial charge in [-0.25, -0.2) is 0 Å². The maximum absolute atomic E-state index is 6.02. The maximum Gasteiger partial charge on any atom is 0.0343 e. The molecule has 1 aromatic rings. The number of benzene rings is 1. The van der Waals surface area contributed by atoms with Gasteiger partial charge in [0.05, 0.1) is 0 Å². The van der Waals surface area contributed by atoms with Crippen LogP contribution in [0.3, 0.4) is 0 Å². The summed E-state index contributed by atoms with van der Waals surface area (Å²) in [5.41, 5.74) is 11.0. The molecule has 0 heterocycles. The van der Waals surface area contributed by atoms with Crippen LogP contribution in [0.4, 0.5) is 5.69 Å². The van der Waals surface area contributed by atoms with E-state index in [4.69, 9.17) is 5.73 Å². The Morgan fingerprint density at radius 3 is 2.22 bits per heavy atom. The normalized spacial score (nSPS) is 28.9. The summed E-state index contributed by atoms with van der Waals surface area (Å²) in [5, 5.41) is 3.70. The first kappa shape index (κ1) is 16.8. The molecular weight excluding hydrogens is 280 g/mol. The minimum atomic E-state index is 0.292. The number of hydrogen-bond acceptors (Lipinski definition) is 2. The van der Waals surface area contributed by atoms with Gasteiger partial charge in [-0.15, -0.1) is 0 Å². The van der Waals surface area contributed by atoms with Gasteiger partial charge in [0, 0.05) is 18.3 Å². The summed E-state index contributed by atoms with van der Waals surface area (Å²) < 4.78 is 0. The lowest BCUT2D eigenvalue weighted by molar-refractivity contribution is 0.331. The molecule has 1 saturated carbocycles. The van der Waals surface area contributed by atoms with Gasteiger partial charge in [-0.1, -0.05) is 33.8 Å². The van der Waals surface area contributed by atoms with Gasteiger partial charge in [0.25, 0.3) is 0 Å². The van der Waals surface area contributed by atoms with Crippen molar-refractivity contribution in [3.8, 4) is 0 Å². The van der Waals surface area contributed by atoms with Crippen LogP contribution in [0.5, 0.6) is 0 Å². The van der Waals surface area contributed by atoms with E-state index in [-0.39, 0.29) is 0 Å². The molecule has 0 bridgehead atoms. The molecule has 3 N–H and O–H groups in total. The lowest BCUT2D eigenvalue weighted by Gasteiger charge is -2.42. The second kappa shape index (κ2) is 6.12. The Bertz CT molecular complexity index is 551. The predicted molar refractivity (Wildman–Crippen MR) is 100 cm³/mol. The second-order valence-electron chi connectivity index (χ2n) is 9.19. The number of anilines is 1. The van der Waals surface area contributed by atoms with E-state index in [1.807, 2.05) is 0 Å². The molecule has 3 rings (SSSR count). The molecule has 2 nitrogen and oxygen atoms in total. The van der Waals surface area contributed by atoms with Crippen molar-refractivity contribution < 1.29 is 0 Å². The summed E-state index contributed by atoms with van der Waals surface area (Å²) in [6.45, 7) is 10.7. The number of nitrogens with one attached hydrogen (secondary N) is 1. The number of nitrogens with two attached hydrogens (primary N) is 1. The summed E-state index contributed by atoms with van der Waals surface area (Å²) >= 11 is 0. The third-order valence-corrected chi connectivity index (χ3v) is 6.34. The van der Waals surface area contributed by atoms with Gasteiger partial charge in [-0.3, -0.25) is 0 Å². The minimum absolute atomic E-state index is 0.292. The van der Waals surface area contributed by atoms with E-state index in [9.17, 15) is 0 Å². The summed E-state index contributed by atoms with van der Waals surface area (Å²) in [7, 11) is 0. The summed E-state index contributed by atoms with van der Waals surface area (Å²) in [5.74, 6) is 0.787. The van der Waals surface area contributed by atoms with E-state index >= 15 is 0 Å². The zero-order valence-electron chi connectivity index (χ0n) is 15.4. The first-order chi connectivity index (χ1) is 10.8. The quantitative estimate of drug-likeness (QED) is 0.827. The van der Waals surface area contributed by atoms with Crippen LogP contribution in [0.25, 0.3) is 0 Å². The standard InChI is InChI=1S/C21H34N2/c1-20(2)11-12-21(3,4)19-13-17(9-10-18(19)20)23-14-15-5-7-16(22)8-6-15/h9-10,13,15-16,23H,5-8,11-12,14,22H2,1-4H3. The Morgan fingerprint density at radius 2 is 1.57 bits per heavy atom. The van der Waals surface area contributed by atoms with Crippen molar-refractivity contribution in [3.63, 3.8) is 0 Å². The zero-order valence-corrected chi connectivity index (χ0v) is 15.4. The highest BCUT2D eigenvalue weighted by Gasteiger charge is 2.36. The first-order valence-electron chi connectivity index (χ1n) is 9.42. The minimum Gasteiger partial charge on any atom is -0.385 e. The van der Waals surface area contributed by atoms with Gasteiger partial charge in [-0.2, -0.15) is 0 Å². The van der Waals surface area contributed by atoms with Gasteiger partial charge in [0.15, 0.2) is 0 Å². The number of hydrogen-bond donors (Lipinski definition) is 2. The van der Waals surface area contributed by atoms with Crippen LogP contribution in [0, 0.1) is 5.92 Å². The van der Waals surface area contributed by atoms with Crippen LogP contribution >= 0.6 is 0 Å². The highest BCUT2D eigenvalue weighted by molar-refractivity contribution is 5.53. The average molecular weight is 315 g/mol. The Labute approximate surface area is 142 Å². The van der Waals surface area contributed by atoms with Crippen molar-refractivity contribution in [1.29, 1.82) is 0 Å². The first-order valence-corrected chi connectivity index (χ1v) is 9.42. The van der Waals surface area contributed by atoms with Gasteiger partial charge >= 0.3 is 0 Å². The monoisotopic (exact) mass is 314 g/mol. The largest absolute Gasteiger partial charge is 0.385 e. The van der Waals surface area contributed by atoms with E-state index in [0.717, 1.165) is 12.5 Å². The van der Waals surface area contributed by atoms with Gasteiger partial charge in [-0.05, 0) is 78.5 Å². The predicted octanol–water partition coefficient (Wildman–Crippen LogP) is 4.97. The molecule has 0 aromatic heterocycles.